The van der Waals surface area contributed by atoms with Gasteiger partial charge in [-0.25, -0.2) is 0 Å². The first-order valence-electron chi connectivity index (χ1n) is 5.69. The molecular weight excluding hydrogens is 248 g/mol. The topological polar surface area (TPSA) is 69.7 Å². The highest BCUT2D eigenvalue weighted by Gasteiger charge is 2.17. The fraction of sp³-hybridized carbons (Fsp3) is 0.143. The van der Waals surface area contributed by atoms with Gasteiger partial charge in [-0.2, -0.15) is 0 Å². The summed E-state index contributed by atoms with van der Waals surface area (Å²) in [5.74, 6) is 0.162. The number of fused-ring (bicyclic) bond motifs is 2. The minimum atomic E-state index is -0.505. The van der Waals surface area contributed by atoms with E-state index >= 15 is 0 Å². The van der Waals surface area contributed by atoms with E-state index in [1.54, 1.807) is 19.1 Å². The lowest BCUT2D eigenvalue weighted by atomic mass is 10.1. The molecule has 0 aliphatic heterocycles. The van der Waals surface area contributed by atoms with Gasteiger partial charge in [0.2, 0.25) is 0 Å². The first-order chi connectivity index (χ1) is 9.06. The highest BCUT2D eigenvalue weighted by atomic mass is 16.5. The predicted molar refractivity (Wildman–Crippen MR) is 68.3 cm³/mol. The molecule has 0 N–H and O–H groups in total. The quantitative estimate of drug-likeness (QED) is 0.496. The van der Waals surface area contributed by atoms with Crippen molar-refractivity contribution in [2.24, 2.45) is 0 Å². The lowest BCUT2D eigenvalue weighted by Gasteiger charge is -2.06. The Bertz CT molecular complexity index is 853. The average molecular weight is 258 g/mol. The monoisotopic (exact) mass is 258 g/mol. The molecule has 2 heterocycles. The van der Waals surface area contributed by atoms with Crippen molar-refractivity contribution >= 4 is 27.9 Å². The third-order valence-corrected chi connectivity index (χ3v) is 2.77. The minimum Gasteiger partial charge on any atom is -0.464 e. The summed E-state index contributed by atoms with van der Waals surface area (Å²) in [4.78, 5) is 23.3. The van der Waals surface area contributed by atoms with Crippen LogP contribution in [0.3, 0.4) is 0 Å². The molecule has 0 saturated heterocycles. The van der Waals surface area contributed by atoms with Crippen molar-refractivity contribution in [1.29, 1.82) is 0 Å². The summed E-state index contributed by atoms with van der Waals surface area (Å²) in [6, 6.07) is 4.62. The zero-order valence-corrected chi connectivity index (χ0v) is 10.4. The molecule has 3 rings (SSSR count). The zero-order chi connectivity index (χ0) is 13.6. The van der Waals surface area contributed by atoms with E-state index in [9.17, 15) is 9.59 Å². The number of hydrogen-bond donors (Lipinski definition) is 0. The van der Waals surface area contributed by atoms with Crippen LogP contribution in [0.4, 0.5) is 0 Å². The van der Waals surface area contributed by atoms with Crippen molar-refractivity contribution in [2.45, 2.75) is 13.8 Å². The first kappa shape index (κ1) is 11.5. The van der Waals surface area contributed by atoms with Crippen LogP contribution in [-0.4, -0.2) is 5.97 Å². The molecular formula is C14H10O5. The third-order valence-electron chi connectivity index (χ3n) is 2.77. The maximum atomic E-state index is 12.1. The van der Waals surface area contributed by atoms with E-state index in [0.29, 0.717) is 22.3 Å². The zero-order valence-electron chi connectivity index (χ0n) is 10.4. The number of rotatable bonds is 1. The number of benzene rings is 1. The molecule has 0 amide bonds. The van der Waals surface area contributed by atoms with E-state index < -0.39 is 5.97 Å². The molecule has 0 radical (unpaired) electrons. The lowest BCUT2D eigenvalue weighted by molar-refractivity contribution is -0.131. The Hall–Kier alpha value is -2.56. The van der Waals surface area contributed by atoms with Crippen LogP contribution < -0.4 is 10.2 Å². The largest absolute Gasteiger partial charge is 0.464 e. The number of aryl methyl sites for hydroxylation is 1. The fourth-order valence-corrected chi connectivity index (χ4v) is 2.08. The Morgan fingerprint density at radius 1 is 1.26 bits per heavy atom. The van der Waals surface area contributed by atoms with Crippen molar-refractivity contribution in [2.75, 3.05) is 0 Å². The summed E-state index contributed by atoms with van der Waals surface area (Å²) in [6.45, 7) is 2.96. The maximum Gasteiger partial charge on any atom is 0.308 e. The van der Waals surface area contributed by atoms with Crippen LogP contribution in [-0.2, 0) is 4.79 Å². The number of carbonyl (C=O) groups excluding carboxylic acids is 1. The van der Waals surface area contributed by atoms with E-state index in [-0.39, 0.29) is 16.6 Å². The average Bonchev–Trinajstić information content (AvgIpc) is 2.74. The van der Waals surface area contributed by atoms with Gasteiger partial charge in [-0.3, -0.25) is 9.59 Å². The highest BCUT2D eigenvalue weighted by molar-refractivity contribution is 6.02. The molecule has 0 aliphatic rings. The van der Waals surface area contributed by atoms with Gasteiger partial charge in [-0.05, 0) is 13.0 Å². The van der Waals surface area contributed by atoms with Crippen molar-refractivity contribution in [1.82, 2.24) is 0 Å². The van der Waals surface area contributed by atoms with E-state index in [4.69, 9.17) is 13.6 Å². The molecule has 0 bridgehead atoms. The Morgan fingerprint density at radius 3 is 2.79 bits per heavy atom. The first-order valence-corrected chi connectivity index (χ1v) is 5.69. The second kappa shape index (κ2) is 3.98. The fourth-order valence-electron chi connectivity index (χ4n) is 2.08. The van der Waals surface area contributed by atoms with Crippen molar-refractivity contribution in [3.8, 4) is 5.75 Å². The minimum absolute atomic E-state index is 0.183. The van der Waals surface area contributed by atoms with Crippen LogP contribution in [0.2, 0.25) is 0 Å². The summed E-state index contributed by atoms with van der Waals surface area (Å²) in [5, 5.41) is 0.813. The summed E-state index contributed by atoms with van der Waals surface area (Å²) < 4.78 is 15.9. The van der Waals surface area contributed by atoms with E-state index in [1.165, 1.54) is 19.3 Å². The summed E-state index contributed by atoms with van der Waals surface area (Å²) in [7, 11) is 0. The van der Waals surface area contributed by atoms with E-state index in [2.05, 4.69) is 0 Å². The van der Waals surface area contributed by atoms with Crippen LogP contribution in [0.25, 0.3) is 21.9 Å². The Labute approximate surface area is 107 Å². The number of furan rings is 1. The van der Waals surface area contributed by atoms with Gasteiger partial charge >= 0.3 is 5.97 Å². The Morgan fingerprint density at radius 2 is 2.05 bits per heavy atom. The van der Waals surface area contributed by atoms with Gasteiger partial charge in [0.25, 0.3) is 0 Å². The van der Waals surface area contributed by atoms with Gasteiger partial charge in [0.1, 0.15) is 22.3 Å². The summed E-state index contributed by atoms with van der Waals surface area (Å²) in [5.41, 5.74) is 0.583. The Balaban J connectivity index is 2.53. The lowest BCUT2D eigenvalue weighted by Crippen LogP contribution is -2.07. The van der Waals surface area contributed by atoms with E-state index in [1.807, 2.05) is 0 Å². The van der Waals surface area contributed by atoms with Crippen molar-refractivity contribution in [3.05, 3.63) is 40.4 Å². The van der Waals surface area contributed by atoms with Crippen molar-refractivity contribution < 1.29 is 18.4 Å². The number of esters is 1. The molecule has 96 valence electrons. The molecule has 0 unspecified atom stereocenters. The van der Waals surface area contributed by atoms with Gasteiger partial charge < -0.3 is 13.6 Å². The van der Waals surface area contributed by atoms with Gasteiger partial charge in [0.15, 0.2) is 11.2 Å². The van der Waals surface area contributed by atoms with Crippen LogP contribution >= 0.6 is 0 Å². The van der Waals surface area contributed by atoms with Gasteiger partial charge in [-0.1, -0.05) is 0 Å². The van der Waals surface area contributed by atoms with Gasteiger partial charge in [0, 0.05) is 19.1 Å². The van der Waals surface area contributed by atoms with Gasteiger partial charge in [0.05, 0.1) is 11.6 Å². The van der Waals surface area contributed by atoms with E-state index in [0.717, 1.165) is 0 Å². The smallest absolute Gasteiger partial charge is 0.308 e. The summed E-state index contributed by atoms with van der Waals surface area (Å²) >= 11 is 0. The molecule has 5 nitrogen and oxygen atoms in total. The normalized spacial score (nSPS) is 11.1. The Kier molecular flexibility index (Phi) is 2.41. The molecule has 0 spiro atoms. The third kappa shape index (κ3) is 1.79. The van der Waals surface area contributed by atoms with Gasteiger partial charge in [-0.15, -0.1) is 0 Å². The number of ether oxygens (including phenoxy) is 1. The molecule has 3 aromatic rings. The molecule has 0 atom stereocenters. The highest BCUT2D eigenvalue weighted by Crippen LogP contribution is 2.34. The predicted octanol–water partition coefficient (Wildman–Crippen LogP) is 2.77. The number of carbonyl (C=O) groups is 1. The second-order valence-electron chi connectivity index (χ2n) is 4.23. The summed E-state index contributed by atoms with van der Waals surface area (Å²) in [6.07, 6.45) is 1.47. The molecule has 1 aromatic carbocycles. The standard InChI is InChI=1S/C14H10O5/c1-7-5-10(16)13-12(18-7)6-11-9(3-4-17-11)14(13)19-8(2)15/h3-6H,1-2H3. The van der Waals surface area contributed by atoms with Crippen LogP contribution in [0.1, 0.15) is 12.7 Å². The number of hydrogen-bond acceptors (Lipinski definition) is 5. The molecule has 2 aromatic heterocycles. The molecule has 5 heteroatoms. The van der Waals surface area contributed by atoms with Crippen LogP contribution in [0.15, 0.2) is 38.1 Å². The molecule has 0 saturated carbocycles. The second-order valence-corrected chi connectivity index (χ2v) is 4.23. The molecule has 0 aliphatic carbocycles. The maximum absolute atomic E-state index is 12.1. The molecule has 0 fully saturated rings. The van der Waals surface area contributed by atoms with Crippen molar-refractivity contribution in [3.63, 3.8) is 0 Å². The molecule has 19 heavy (non-hydrogen) atoms. The van der Waals surface area contributed by atoms with Crippen LogP contribution in [0, 0.1) is 6.92 Å². The SMILES string of the molecule is CC(=O)Oc1c2ccoc2cc2oc(C)cc(=O)c12. The van der Waals surface area contributed by atoms with Crippen LogP contribution in [0.5, 0.6) is 5.75 Å².